The molecule has 2 heterocycles. The van der Waals surface area contributed by atoms with Gasteiger partial charge in [-0.15, -0.1) is 0 Å². The lowest BCUT2D eigenvalue weighted by Crippen LogP contribution is -2.35. The Kier molecular flexibility index (Phi) is 18.1. The van der Waals surface area contributed by atoms with Gasteiger partial charge in [0.1, 0.15) is 11.4 Å². The number of nitrogens with zero attached hydrogens (tertiary/aromatic N) is 7. The molecule has 71 heavy (non-hydrogen) atoms. The van der Waals surface area contributed by atoms with Gasteiger partial charge in [0.15, 0.2) is 10.1 Å². The van der Waals surface area contributed by atoms with Gasteiger partial charge in [-0.1, -0.05) is 12.1 Å². The number of sulfonamides is 2. The van der Waals surface area contributed by atoms with Crippen LogP contribution in [0, 0.1) is 0 Å². The van der Waals surface area contributed by atoms with Crippen LogP contribution in [0.3, 0.4) is 0 Å². The van der Waals surface area contributed by atoms with E-state index in [9.17, 15) is 36.0 Å². The number of aromatic carboxylic acids is 1. The lowest BCUT2D eigenvalue weighted by molar-refractivity contribution is 0.0684. The molecule has 0 radical (unpaired) electrons. The molecule has 4 aromatic rings. The van der Waals surface area contributed by atoms with Crippen LogP contribution in [-0.2, 0) is 85.5 Å². The van der Waals surface area contributed by atoms with Gasteiger partial charge in [-0.05, 0) is 189 Å². The quantitative estimate of drug-likeness (QED) is 0.0876. The van der Waals surface area contributed by atoms with Crippen LogP contribution in [0.25, 0.3) is 0 Å². The SMILES string of the molecule is CN(C)CCCN(C)C(=O)c1cc(S(=O)(=O)NC(=O)Nc2c3c(cc4c2CCC4)CCC3)nn1C.CNCCCN(C)C.Cn1nc(S(=O)(=O)NC(=O)Nc2c3c(cc4c2CCC4)CCC3)cc1C(=O)O. The van der Waals surface area contributed by atoms with E-state index in [1.807, 2.05) is 30.8 Å². The number of aromatic nitrogens is 4. The van der Waals surface area contributed by atoms with Gasteiger partial charge in [0.05, 0.1) is 0 Å². The van der Waals surface area contributed by atoms with Crippen molar-refractivity contribution in [2.24, 2.45) is 14.1 Å². The minimum Gasteiger partial charge on any atom is -0.477 e. The highest BCUT2D eigenvalue weighted by molar-refractivity contribution is 7.90. The molecule has 0 unspecified atom stereocenters. The van der Waals surface area contributed by atoms with Crippen LogP contribution in [0.2, 0.25) is 0 Å². The predicted molar refractivity (Wildman–Crippen MR) is 270 cm³/mol. The predicted octanol–water partition coefficient (Wildman–Crippen LogP) is 3.70. The number of hydrogen-bond acceptors (Lipinski definition) is 13. The first-order chi connectivity index (χ1) is 33.6. The van der Waals surface area contributed by atoms with Crippen molar-refractivity contribution >= 4 is 55.4 Å². The zero-order chi connectivity index (χ0) is 51.8. The Bertz CT molecular complexity index is 2790. The molecule has 2 aromatic carbocycles. The molecular weight excluding hydrogens is 953 g/mol. The first kappa shape index (κ1) is 54.5. The first-order valence-electron chi connectivity index (χ1n) is 24.1. The van der Waals surface area contributed by atoms with Crippen LogP contribution < -0.4 is 25.4 Å². The van der Waals surface area contributed by atoms with E-state index >= 15 is 0 Å². The Labute approximate surface area is 417 Å². The molecule has 4 aliphatic rings. The monoisotopic (exact) mass is 1020 g/mol. The summed E-state index contributed by atoms with van der Waals surface area (Å²) in [6.45, 7) is 3.66. The Balaban J connectivity index is 0.000000205. The fourth-order valence-corrected chi connectivity index (χ4v) is 11.4. The number of nitrogens with one attached hydrogen (secondary N) is 5. The number of amides is 5. The standard InChI is InChI=1S/C24H34N6O4S.C18H20N4O5S.C6H16N2/c1-28(2)12-7-13-29(3)23(31)20-15-21(26-30(20)4)35(33,34)27-24(32)25-22-18-10-5-8-16(18)14-17-9-6-11-19(17)22;1-22-14(17(23)24)9-15(20-22)28(26,27)21-18(25)19-16-12-6-2-4-10(12)8-11-5-3-7-13(11)16;1-7-5-4-6-8(2)3/h14-15H,5-13H2,1-4H3,(H2,25,27,32);8-9H,2-7H2,1H3,(H,23,24)(H2,19,21,25);7H,4-6H2,1-3H3. The second-order valence-corrected chi connectivity index (χ2v) is 22.3. The van der Waals surface area contributed by atoms with Gasteiger partial charge in [-0.3, -0.25) is 14.2 Å². The molecule has 6 N–H and O–H groups in total. The fraction of sp³-hybridized carbons (Fsp3) is 0.542. The Morgan fingerprint density at radius 1 is 0.577 bits per heavy atom. The van der Waals surface area contributed by atoms with Crippen molar-refractivity contribution in [3.63, 3.8) is 0 Å². The maximum atomic E-state index is 12.9. The second-order valence-electron chi connectivity index (χ2n) is 19.0. The topological polar surface area (TPSA) is 262 Å². The molecule has 2 aromatic heterocycles. The number of carbonyl (C=O) groups excluding carboxylic acids is 3. The largest absolute Gasteiger partial charge is 0.477 e. The third-order valence-electron chi connectivity index (χ3n) is 13.1. The Morgan fingerprint density at radius 2 is 0.958 bits per heavy atom. The van der Waals surface area contributed by atoms with Crippen molar-refractivity contribution in [1.29, 1.82) is 0 Å². The molecule has 0 spiro atoms. The normalized spacial score (nSPS) is 14.4. The minimum atomic E-state index is -4.30. The van der Waals surface area contributed by atoms with Crippen molar-refractivity contribution < 1.29 is 41.1 Å². The number of urea groups is 2. The minimum absolute atomic E-state index is 0.136. The molecule has 0 bridgehead atoms. The summed E-state index contributed by atoms with van der Waals surface area (Å²) in [6, 6.07) is 4.88. The zero-order valence-corrected chi connectivity index (χ0v) is 43.8. The van der Waals surface area contributed by atoms with E-state index in [2.05, 4.69) is 62.0 Å². The first-order valence-corrected chi connectivity index (χ1v) is 27.1. The Morgan fingerprint density at radius 3 is 1.32 bits per heavy atom. The summed E-state index contributed by atoms with van der Waals surface area (Å²) in [7, 11) is 6.02. The molecule has 8 rings (SSSR count). The molecule has 21 nitrogen and oxygen atoms in total. The van der Waals surface area contributed by atoms with Gasteiger partial charge in [0.25, 0.3) is 26.0 Å². The summed E-state index contributed by atoms with van der Waals surface area (Å²) >= 11 is 0. The van der Waals surface area contributed by atoms with Gasteiger partial charge in [0, 0.05) is 51.2 Å². The summed E-state index contributed by atoms with van der Waals surface area (Å²) in [5.74, 6) is -1.64. The van der Waals surface area contributed by atoms with Crippen LogP contribution in [0.15, 0.2) is 34.3 Å². The lowest BCUT2D eigenvalue weighted by Gasteiger charge is -2.18. The highest BCUT2D eigenvalue weighted by Crippen LogP contribution is 2.40. The molecule has 0 aliphatic heterocycles. The number of carbonyl (C=O) groups is 4. The van der Waals surface area contributed by atoms with Gasteiger partial charge < -0.3 is 35.8 Å². The van der Waals surface area contributed by atoms with E-state index in [4.69, 9.17) is 5.11 Å². The summed E-state index contributed by atoms with van der Waals surface area (Å²) in [5, 5.41) is 24.5. The van der Waals surface area contributed by atoms with Gasteiger partial charge in [-0.25, -0.2) is 23.8 Å². The molecule has 388 valence electrons. The number of carboxylic acid groups (broad SMARTS) is 1. The van der Waals surface area contributed by atoms with E-state index in [-0.39, 0.29) is 22.3 Å². The summed E-state index contributed by atoms with van der Waals surface area (Å²) in [6.07, 6.45) is 13.4. The molecule has 0 saturated carbocycles. The van der Waals surface area contributed by atoms with E-state index in [1.165, 1.54) is 65.0 Å². The average molecular weight is 1020 g/mol. The second kappa shape index (κ2) is 23.6. The van der Waals surface area contributed by atoms with Crippen LogP contribution in [0.5, 0.6) is 0 Å². The number of rotatable bonds is 16. The zero-order valence-electron chi connectivity index (χ0n) is 42.2. The third kappa shape index (κ3) is 13.6. The van der Waals surface area contributed by atoms with Gasteiger partial charge in [-0.2, -0.15) is 27.0 Å². The van der Waals surface area contributed by atoms with Crippen molar-refractivity contribution in [1.82, 2.24) is 49.0 Å². The van der Waals surface area contributed by atoms with E-state index in [0.29, 0.717) is 6.54 Å². The van der Waals surface area contributed by atoms with Crippen LogP contribution in [-0.4, -0.2) is 149 Å². The number of benzene rings is 2. The number of hydrogen-bond donors (Lipinski definition) is 6. The molecule has 0 fully saturated rings. The average Bonchev–Trinajstić information content (AvgIpc) is 4.16. The van der Waals surface area contributed by atoms with E-state index in [1.54, 1.807) is 7.05 Å². The molecule has 4 aliphatic carbocycles. The number of fused-ring (bicyclic) bond motifs is 4. The molecule has 23 heteroatoms. The van der Waals surface area contributed by atoms with Crippen molar-refractivity contribution in [2.75, 3.05) is 79.1 Å². The smallest absolute Gasteiger partial charge is 0.354 e. The molecule has 0 saturated heterocycles. The van der Waals surface area contributed by atoms with Crippen molar-refractivity contribution in [2.45, 2.75) is 99.9 Å². The maximum Gasteiger partial charge on any atom is 0.354 e. The molecular formula is C48H70N12O9S2. The van der Waals surface area contributed by atoms with E-state index in [0.717, 1.165) is 141 Å². The van der Waals surface area contributed by atoms with Gasteiger partial charge in [0.2, 0.25) is 0 Å². The molecule has 0 atom stereocenters. The van der Waals surface area contributed by atoms with Gasteiger partial charge >= 0.3 is 18.0 Å². The van der Waals surface area contributed by atoms with Crippen LogP contribution >= 0.6 is 0 Å². The number of aryl methyl sites for hydroxylation is 6. The van der Waals surface area contributed by atoms with Crippen molar-refractivity contribution in [3.8, 4) is 0 Å². The highest BCUT2D eigenvalue weighted by atomic mass is 32.2. The summed E-state index contributed by atoms with van der Waals surface area (Å²) < 4.78 is 56.9. The molecule has 5 amide bonds. The number of carboxylic acids is 1. The third-order valence-corrected chi connectivity index (χ3v) is 15.5. The maximum absolute atomic E-state index is 12.9. The van der Waals surface area contributed by atoms with E-state index < -0.39 is 43.1 Å². The summed E-state index contributed by atoms with van der Waals surface area (Å²) in [4.78, 5) is 54.9. The Hall–Kier alpha value is -5.88. The summed E-state index contributed by atoms with van der Waals surface area (Å²) in [5.41, 5.74) is 10.6. The highest BCUT2D eigenvalue weighted by Gasteiger charge is 2.31. The number of anilines is 2. The fourth-order valence-electron chi connectivity index (χ4n) is 9.60. The van der Waals surface area contributed by atoms with Crippen LogP contribution in [0.4, 0.5) is 21.0 Å². The van der Waals surface area contributed by atoms with Crippen molar-refractivity contribution in [3.05, 3.63) is 80.2 Å². The lowest BCUT2D eigenvalue weighted by atomic mass is 9.99. The van der Waals surface area contributed by atoms with Crippen LogP contribution in [0.1, 0.15) is 104 Å².